The molecule has 1 aromatic rings. The van der Waals surface area contributed by atoms with Crippen molar-refractivity contribution in [3.8, 4) is 5.75 Å². The van der Waals surface area contributed by atoms with E-state index < -0.39 is 6.09 Å². The highest BCUT2D eigenvalue weighted by atomic mass is 16.4. The number of hydrogen-bond donors (Lipinski definition) is 3. The van der Waals surface area contributed by atoms with Crippen molar-refractivity contribution in [2.45, 2.75) is 6.42 Å². The number of carbonyl (C=O) groups is 1. The number of nitrogens with zero attached hydrogens (tertiary/aromatic N) is 1. The highest BCUT2D eigenvalue weighted by Crippen LogP contribution is 2.28. The van der Waals surface area contributed by atoms with Gasteiger partial charge in [-0.05, 0) is 29.7 Å². The van der Waals surface area contributed by atoms with Crippen LogP contribution in [0.4, 0.5) is 10.5 Å². The number of rotatable bonds is 1. The smallest absolute Gasteiger partial charge is 0.407 e. The summed E-state index contributed by atoms with van der Waals surface area (Å²) in [5.74, 6) is 0.0670. The molecule has 1 aromatic carbocycles. The first-order chi connectivity index (χ1) is 8.08. The van der Waals surface area contributed by atoms with Gasteiger partial charge in [-0.3, -0.25) is 0 Å². The lowest BCUT2D eigenvalue weighted by atomic mass is 9.99. The fourth-order valence-corrected chi connectivity index (χ4v) is 1.86. The van der Waals surface area contributed by atoms with Crippen molar-refractivity contribution in [1.82, 2.24) is 4.90 Å². The standard InChI is InChI=1S/C12H14N2O3/c13-10-7-9(1-2-11(10)15)8-3-5-14(6-4-8)12(16)17/h1-3,7,15H,4-6,13H2,(H,16,17). The molecule has 5 heteroatoms. The molecule has 1 amide bonds. The maximum absolute atomic E-state index is 10.7. The van der Waals surface area contributed by atoms with Crippen LogP contribution < -0.4 is 5.73 Å². The Hall–Kier alpha value is -2.17. The van der Waals surface area contributed by atoms with E-state index in [1.54, 1.807) is 18.2 Å². The largest absolute Gasteiger partial charge is 0.506 e. The molecule has 0 saturated carbocycles. The number of hydrogen-bond acceptors (Lipinski definition) is 3. The number of phenolic OH excluding ortho intramolecular Hbond substituents is 1. The van der Waals surface area contributed by atoms with E-state index in [1.165, 1.54) is 4.90 Å². The molecule has 0 atom stereocenters. The van der Waals surface area contributed by atoms with Crippen molar-refractivity contribution in [2.75, 3.05) is 18.8 Å². The van der Waals surface area contributed by atoms with Crippen LogP contribution in [0.15, 0.2) is 24.3 Å². The van der Waals surface area contributed by atoms with Gasteiger partial charge in [0.1, 0.15) is 5.75 Å². The SMILES string of the molecule is Nc1cc(C2=CCN(C(=O)O)CC2)ccc1O. The molecule has 0 aromatic heterocycles. The van der Waals surface area contributed by atoms with Gasteiger partial charge in [0.25, 0.3) is 0 Å². The third-order valence-corrected chi connectivity index (χ3v) is 2.88. The first-order valence-electron chi connectivity index (χ1n) is 5.33. The fourth-order valence-electron chi connectivity index (χ4n) is 1.86. The van der Waals surface area contributed by atoms with Gasteiger partial charge in [0.05, 0.1) is 5.69 Å². The molecule has 0 spiro atoms. The van der Waals surface area contributed by atoms with Crippen molar-refractivity contribution < 1.29 is 15.0 Å². The van der Waals surface area contributed by atoms with Crippen LogP contribution in [0.3, 0.4) is 0 Å². The number of anilines is 1. The summed E-state index contributed by atoms with van der Waals surface area (Å²) in [5, 5.41) is 18.1. The van der Waals surface area contributed by atoms with Crippen LogP contribution in [-0.4, -0.2) is 34.3 Å². The Labute approximate surface area is 98.8 Å². The molecule has 5 nitrogen and oxygen atoms in total. The number of nitrogen functional groups attached to an aromatic ring is 1. The van der Waals surface area contributed by atoms with Gasteiger partial charge >= 0.3 is 6.09 Å². The zero-order valence-corrected chi connectivity index (χ0v) is 9.26. The molecule has 1 aliphatic heterocycles. The molecule has 2 rings (SSSR count). The Morgan fingerprint density at radius 3 is 2.71 bits per heavy atom. The summed E-state index contributed by atoms with van der Waals surface area (Å²) in [6.07, 6.45) is 1.64. The Morgan fingerprint density at radius 1 is 1.41 bits per heavy atom. The average Bonchev–Trinajstić information content (AvgIpc) is 2.33. The van der Waals surface area contributed by atoms with Gasteiger partial charge in [-0.15, -0.1) is 0 Å². The van der Waals surface area contributed by atoms with E-state index in [-0.39, 0.29) is 5.75 Å². The molecule has 0 unspecified atom stereocenters. The van der Waals surface area contributed by atoms with Crippen LogP contribution >= 0.6 is 0 Å². The van der Waals surface area contributed by atoms with Gasteiger partial charge in [-0.25, -0.2) is 4.79 Å². The molecule has 0 saturated heterocycles. The zero-order valence-electron chi connectivity index (χ0n) is 9.26. The number of benzene rings is 1. The van der Waals surface area contributed by atoms with Crippen molar-refractivity contribution >= 4 is 17.4 Å². The van der Waals surface area contributed by atoms with Gasteiger partial charge in [-0.2, -0.15) is 0 Å². The second-order valence-corrected chi connectivity index (χ2v) is 3.98. The maximum Gasteiger partial charge on any atom is 0.407 e. The number of phenols is 1. The topological polar surface area (TPSA) is 86.8 Å². The third kappa shape index (κ3) is 2.33. The van der Waals surface area contributed by atoms with Crippen molar-refractivity contribution in [3.05, 3.63) is 29.8 Å². The van der Waals surface area contributed by atoms with E-state index in [2.05, 4.69) is 0 Å². The second-order valence-electron chi connectivity index (χ2n) is 3.98. The number of amides is 1. The van der Waals surface area contributed by atoms with E-state index in [0.29, 0.717) is 25.2 Å². The quantitative estimate of drug-likeness (QED) is 0.510. The lowest BCUT2D eigenvalue weighted by Crippen LogP contribution is -2.33. The van der Waals surface area contributed by atoms with Gasteiger partial charge in [0.15, 0.2) is 0 Å². The van der Waals surface area contributed by atoms with E-state index in [4.69, 9.17) is 10.8 Å². The normalized spacial score (nSPS) is 15.5. The molecule has 90 valence electrons. The first-order valence-corrected chi connectivity index (χ1v) is 5.33. The van der Waals surface area contributed by atoms with Crippen LogP contribution in [-0.2, 0) is 0 Å². The summed E-state index contributed by atoms with van der Waals surface area (Å²) in [4.78, 5) is 12.1. The Balaban J connectivity index is 2.19. The molecule has 1 aliphatic rings. The summed E-state index contributed by atoms with van der Waals surface area (Å²) in [6, 6.07) is 5.04. The molecule has 4 N–H and O–H groups in total. The monoisotopic (exact) mass is 234 g/mol. The summed E-state index contributed by atoms with van der Waals surface area (Å²) in [7, 11) is 0. The van der Waals surface area contributed by atoms with Crippen molar-refractivity contribution in [1.29, 1.82) is 0 Å². The average molecular weight is 234 g/mol. The third-order valence-electron chi connectivity index (χ3n) is 2.88. The molecular formula is C12H14N2O3. The summed E-state index contributed by atoms with van der Waals surface area (Å²) in [6.45, 7) is 0.882. The molecule has 0 fully saturated rings. The van der Waals surface area contributed by atoms with Gasteiger partial charge in [0, 0.05) is 13.1 Å². The fraction of sp³-hybridized carbons (Fsp3) is 0.250. The second kappa shape index (κ2) is 4.37. The lowest BCUT2D eigenvalue weighted by molar-refractivity contribution is 0.150. The van der Waals surface area contributed by atoms with Gasteiger partial charge in [-0.1, -0.05) is 12.1 Å². The minimum Gasteiger partial charge on any atom is -0.506 e. The molecule has 0 bridgehead atoms. The summed E-state index contributed by atoms with van der Waals surface area (Å²) >= 11 is 0. The van der Waals surface area contributed by atoms with E-state index >= 15 is 0 Å². The van der Waals surface area contributed by atoms with E-state index in [0.717, 1.165) is 11.1 Å². The molecule has 0 aliphatic carbocycles. The first kappa shape index (κ1) is 11.3. The maximum atomic E-state index is 10.7. The van der Waals surface area contributed by atoms with Crippen LogP contribution in [0.25, 0.3) is 5.57 Å². The Morgan fingerprint density at radius 2 is 2.18 bits per heavy atom. The van der Waals surface area contributed by atoms with Gasteiger partial charge < -0.3 is 20.8 Å². The molecular weight excluding hydrogens is 220 g/mol. The highest BCUT2D eigenvalue weighted by Gasteiger charge is 2.16. The Bertz CT molecular complexity index is 483. The van der Waals surface area contributed by atoms with E-state index in [9.17, 15) is 9.90 Å². The minimum absolute atomic E-state index is 0.0670. The summed E-state index contributed by atoms with van der Waals surface area (Å²) in [5.41, 5.74) is 7.96. The lowest BCUT2D eigenvalue weighted by Gasteiger charge is -2.23. The Kier molecular flexibility index (Phi) is 2.91. The van der Waals surface area contributed by atoms with Crippen LogP contribution in [0.1, 0.15) is 12.0 Å². The molecule has 17 heavy (non-hydrogen) atoms. The number of nitrogens with two attached hydrogens (primary N) is 1. The summed E-state index contributed by atoms with van der Waals surface area (Å²) < 4.78 is 0. The van der Waals surface area contributed by atoms with Crippen LogP contribution in [0.5, 0.6) is 5.75 Å². The van der Waals surface area contributed by atoms with E-state index in [1.807, 2.05) is 6.08 Å². The molecule has 1 heterocycles. The highest BCUT2D eigenvalue weighted by molar-refractivity contribution is 5.73. The van der Waals surface area contributed by atoms with Crippen LogP contribution in [0, 0.1) is 0 Å². The predicted molar refractivity (Wildman–Crippen MR) is 64.7 cm³/mol. The number of aromatic hydroxyl groups is 1. The van der Waals surface area contributed by atoms with Gasteiger partial charge in [0.2, 0.25) is 0 Å². The number of carboxylic acid groups (broad SMARTS) is 1. The minimum atomic E-state index is -0.898. The van der Waals surface area contributed by atoms with Crippen LogP contribution in [0.2, 0.25) is 0 Å². The van der Waals surface area contributed by atoms with Crippen molar-refractivity contribution in [3.63, 3.8) is 0 Å². The van der Waals surface area contributed by atoms with Crippen molar-refractivity contribution in [2.24, 2.45) is 0 Å². The zero-order chi connectivity index (χ0) is 12.4. The predicted octanol–water partition coefficient (Wildman–Crippen LogP) is 1.74. The molecule has 0 radical (unpaired) electrons.